The highest BCUT2D eigenvalue weighted by Crippen LogP contribution is 2.15. The molecule has 1 heterocycles. The molecule has 0 aliphatic carbocycles. The average Bonchev–Trinajstić information content (AvgIpc) is 2.63. The summed E-state index contributed by atoms with van der Waals surface area (Å²) in [6.45, 7) is 5.76. The van der Waals surface area contributed by atoms with E-state index < -0.39 is 0 Å². The van der Waals surface area contributed by atoms with Crippen molar-refractivity contribution in [3.8, 4) is 0 Å². The number of aromatic nitrogens is 1. The molecule has 2 N–H and O–H groups in total. The first kappa shape index (κ1) is 21.2. The molecule has 0 saturated heterocycles. The number of fused-ring (bicyclic) bond motifs is 1. The van der Waals surface area contributed by atoms with Gasteiger partial charge in [-0.05, 0) is 37.3 Å². The molecule has 0 atom stereocenters. The van der Waals surface area contributed by atoms with Crippen LogP contribution in [0.3, 0.4) is 0 Å². The number of hydrogen-bond acceptors (Lipinski definition) is 2. The minimum Gasteiger partial charge on any atom is -0.356 e. The van der Waals surface area contributed by atoms with Gasteiger partial charge in [0.1, 0.15) is 0 Å². The molecule has 2 aromatic carbocycles. The summed E-state index contributed by atoms with van der Waals surface area (Å²) >= 11 is 0. The molecule has 3 aromatic rings. The second kappa shape index (κ2) is 10.3. The Balaban J connectivity index is 0.00000261. The molecular weight excluding hydrogens is 447 g/mol. The van der Waals surface area contributed by atoms with Crippen molar-refractivity contribution in [2.24, 2.45) is 4.99 Å². The van der Waals surface area contributed by atoms with E-state index in [1.807, 2.05) is 24.4 Å². The number of hydrogen-bond donors (Lipinski definition) is 2. The summed E-state index contributed by atoms with van der Waals surface area (Å²) in [7, 11) is 1.79. The summed E-state index contributed by atoms with van der Waals surface area (Å²) in [5.41, 5.74) is 5.00. The summed E-state index contributed by atoms with van der Waals surface area (Å²) in [5, 5.41) is 9.13. The van der Waals surface area contributed by atoms with Crippen LogP contribution in [0.4, 0.5) is 0 Å². The van der Waals surface area contributed by atoms with Gasteiger partial charge in [0.25, 0.3) is 0 Å². The summed E-state index contributed by atoms with van der Waals surface area (Å²) < 4.78 is 0. The predicted octanol–water partition coefficient (Wildman–Crippen LogP) is 4.38. The van der Waals surface area contributed by atoms with Crippen LogP contribution < -0.4 is 10.6 Å². The smallest absolute Gasteiger partial charge is 0.191 e. The summed E-state index contributed by atoms with van der Waals surface area (Å²) in [6, 6.07) is 17.0. The minimum atomic E-state index is 0. The first-order valence-corrected chi connectivity index (χ1v) is 9.00. The molecule has 4 nitrogen and oxygen atoms in total. The van der Waals surface area contributed by atoms with Gasteiger partial charge in [0.2, 0.25) is 0 Å². The van der Waals surface area contributed by atoms with E-state index in [-0.39, 0.29) is 24.0 Å². The molecule has 0 fully saturated rings. The lowest BCUT2D eigenvalue weighted by atomic mass is 10.1. The van der Waals surface area contributed by atoms with Gasteiger partial charge in [-0.1, -0.05) is 53.6 Å². The third-order valence-electron chi connectivity index (χ3n) is 4.39. The van der Waals surface area contributed by atoms with Crippen LogP contribution in [0.2, 0.25) is 0 Å². The zero-order valence-electron chi connectivity index (χ0n) is 16.1. The van der Waals surface area contributed by atoms with E-state index in [1.54, 1.807) is 7.05 Å². The molecule has 1 aromatic heterocycles. The summed E-state index contributed by atoms with van der Waals surface area (Å²) in [6.07, 6.45) is 2.82. The molecule has 0 aliphatic heterocycles. The first-order chi connectivity index (χ1) is 12.7. The fraction of sp³-hybridized carbons (Fsp3) is 0.273. The molecule has 5 heteroatoms. The van der Waals surface area contributed by atoms with Gasteiger partial charge < -0.3 is 10.6 Å². The van der Waals surface area contributed by atoms with Crippen molar-refractivity contribution in [1.29, 1.82) is 0 Å². The maximum absolute atomic E-state index is 4.52. The quantitative estimate of drug-likeness (QED) is 0.328. The Morgan fingerprint density at radius 3 is 2.48 bits per heavy atom. The minimum absolute atomic E-state index is 0. The number of nitrogens with zero attached hydrogens (tertiary/aromatic N) is 2. The number of guanidine groups is 1. The summed E-state index contributed by atoms with van der Waals surface area (Å²) in [4.78, 5) is 8.83. The van der Waals surface area contributed by atoms with Crippen LogP contribution in [0.25, 0.3) is 10.8 Å². The van der Waals surface area contributed by atoms with Crippen molar-refractivity contribution >= 4 is 40.7 Å². The van der Waals surface area contributed by atoms with Gasteiger partial charge in [0, 0.05) is 25.2 Å². The van der Waals surface area contributed by atoms with Gasteiger partial charge in [0.05, 0.1) is 12.2 Å². The normalized spacial score (nSPS) is 11.1. The fourth-order valence-corrected chi connectivity index (χ4v) is 3.25. The molecule has 142 valence electrons. The Kier molecular flexibility index (Phi) is 8.03. The zero-order chi connectivity index (χ0) is 18.4. The molecule has 0 aliphatic rings. The maximum Gasteiger partial charge on any atom is 0.191 e. The third-order valence-corrected chi connectivity index (χ3v) is 4.39. The molecule has 3 rings (SSSR count). The Labute approximate surface area is 178 Å². The molecule has 0 saturated carbocycles. The van der Waals surface area contributed by atoms with E-state index in [0.29, 0.717) is 6.54 Å². The van der Waals surface area contributed by atoms with Crippen molar-refractivity contribution in [2.45, 2.75) is 26.8 Å². The van der Waals surface area contributed by atoms with E-state index >= 15 is 0 Å². The highest BCUT2D eigenvalue weighted by Gasteiger charge is 2.04. The summed E-state index contributed by atoms with van der Waals surface area (Å²) in [5.74, 6) is 0.795. The SMILES string of the molecule is CN=C(NCCc1cc(C)cc(C)c1)NCc1nccc2ccccc12.I. The molecule has 0 unspecified atom stereocenters. The topological polar surface area (TPSA) is 49.3 Å². The molecule has 0 bridgehead atoms. The van der Waals surface area contributed by atoms with Crippen molar-refractivity contribution in [2.75, 3.05) is 13.6 Å². The standard InChI is InChI=1S/C22H26N4.HI/c1-16-12-17(2)14-18(13-16)8-10-25-22(23-3)26-15-21-20-7-5-4-6-19(20)9-11-24-21;/h4-7,9,11-14H,8,10,15H2,1-3H3,(H2,23,25,26);1H. The highest BCUT2D eigenvalue weighted by molar-refractivity contribution is 14.0. The average molecular weight is 474 g/mol. The lowest BCUT2D eigenvalue weighted by molar-refractivity contribution is 0.786. The molecule has 0 spiro atoms. The number of nitrogens with one attached hydrogen (secondary N) is 2. The highest BCUT2D eigenvalue weighted by atomic mass is 127. The van der Waals surface area contributed by atoms with Crippen molar-refractivity contribution < 1.29 is 0 Å². The van der Waals surface area contributed by atoms with Crippen molar-refractivity contribution in [1.82, 2.24) is 15.6 Å². The second-order valence-electron chi connectivity index (χ2n) is 6.58. The fourth-order valence-electron chi connectivity index (χ4n) is 3.25. The molecule has 0 amide bonds. The molecule has 0 radical (unpaired) electrons. The van der Waals surface area contributed by atoms with Crippen LogP contribution in [0.1, 0.15) is 22.4 Å². The first-order valence-electron chi connectivity index (χ1n) is 9.00. The number of rotatable bonds is 5. The lowest BCUT2D eigenvalue weighted by Gasteiger charge is -2.13. The maximum atomic E-state index is 4.52. The van der Waals surface area contributed by atoms with E-state index in [2.05, 4.69) is 64.8 Å². The zero-order valence-corrected chi connectivity index (χ0v) is 18.5. The Morgan fingerprint density at radius 1 is 1.00 bits per heavy atom. The van der Waals surface area contributed by atoms with Gasteiger partial charge >= 0.3 is 0 Å². The number of aliphatic imine (C=N–C) groups is 1. The largest absolute Gasteiger partial charge is 0.356 e. The Bertz CT molecular complexity index is 896. The molecular formula is C22H27IN4. The molecule has 27 heavy (non-hydrogen) atoms. The van der Waals surface area contributed by atoms with Gasteiger partial charge in [-0.15, -0.1) is 24.0 Å². The van der Waals surface area contributed by atoms with Gasteiger partial charge in [-0.2, -0.15) is 0 Å². The number of aryl methyl sites for hydroxylation is 2. The Morgan fingerprint density at radius 2 is 1.74 bits per heavy atom. The van der Waals surface area contributed by atoms with E-state index in [1.165, 1.54) is 27.5 Å². The van der Waals surface area contributed by atoms with Crippen molar-refractivity contribution in [3.05, 3.63) is 77.1 Å². The number of pyridine rings is 1. The van der Waals surface area contributed by atoms with E-state index in [4.69, 9.17) is 0 Å². The van der Waals surface area contributed by atoms with E-state index in [9.17, 15) is 0 Å². The lowest BCUT2D eigenvalue weighted by Crippen LogP contribution is -2.38. The van der Waals surface area contributed by atoms with Crippen LogP contribution in [-0.4, -0.2) is 24.5 Å². The van der Waals surface area contributed by atoms with E-state index in [0.717, 1.165) is 24.6 Å². The van der Waals surface area contributed by atoms with Crippen molar-refractivity contribution in [3.63, 3.8) is 0 Å². The van der Waals surface area contributed by atoms with Crippen LogP contribution in [0.5, 0.6) is 0 Å². The van der Waals surface area contributed by atoms with Gasteiger partial charge in [-0.25, -0.2) is 0 Å². The van der Waals surface area contributed by atoms with Crippen LogP contribution in [0.15, 0.2) is 59.7 Å². The van der Waals surface area contributed by atoms with Gasteiger partial charge in [0.15, 0.2) is 5.96 Å². The third kappa shape index (κ3) is 5.92. The monoisotopic (exact) mass is 474 g/mol. The second-order valence-corrected chi connectivity index (χ2v) is 6.58. The number of benzene rings is 2. The van der Waals surface area contributed by atoms with Crippen LogP contribution in [0, 0.1) is 13.8 Å². The predicted molar refractivity (Wildman–Crippen MR) is 125 cm³/mol. The Hall–Kier alpha value is -2.15. The van der Waals surface area contributed by atoms with Crippen LogP contribution >= 0.6 is 24.0 Å². The number of halogens is 1. The van der Waals surface area contributed by atoms with Gasteiger partial charge in [-0.3, -0.25) is 9.98 Å². The van der Waals surface area contributed by atoms with Crippen LogP contribution in [-0.2, 0) is 13.0 Å².